The van der Waals surface area contributed by atoms with Crippen molar-refractivity contribution in [2.75, 3.05) is 26.2 Å². The van der Waals surface area contributed by atoms with Crippen molar-refractivity contribution in [1.82, 2.24) is 14.1 Å². The number of imide groups is 1. The second-order valence-corrected chi connectivity index (χ2v) is 9.51. The number of benzene rings is 1. The number of halogens is 1. The maximum Gasteiger partial charge on any atom is 0.327 e. The van der Waals surface area contributed by atoms with Gasteiger partial charge in [-0.05, 0) is 49.8 Å². The molecule has 3 aliphatic heterocycles. The van der Waals surface area contributed by atoms with Crippen LogP contribution in [0.15, 0.2) is 29.2 Å². The van der Waals surface area contributed by atoms with E-state index in [0.29, 0.717) is 45.4 Å². The number of hydrogen-bond donors (Lipinski definition) is 0. The number of likely N-dealkylation sites (N-methyl/N-ethyl adjacent to an activating group) is 1. The first kappa shape index (κ1) is 18.4. The van der Waals surface area contributed by atoms with Gasteiger partial charge in [-0.3, -0.25) is 9.69 Å². The van der Waals surface area contributed by atoms with Crippen LogP contribution in [0.1, 0.15) is 26.2 Å². The fourth-order valence-electron chi connectivity index (χ4n) is 4.54. The average molecular weight is 395 g/mol. The lowest BCUT2D eigenvalue weighted by atomic mass is 9.77. The lowest BCUT2D eigenvalue weighted by Crippen LogP contribution is -2.45. The molecule has 7 nitrogen and oxygen atoms in total. The molecule has 1 spiro atoms. The Morgan fingerprint density at radius 3 is 2.52 bits per heavy atom. The Bertz CT molecular complexity index is 870. The third kappa shape index (κ3) is 2.84. The van der Waals surface area contributed by atoms with Crippen LogP contribution in [0.2, 0.25) is 0 Å². The minimum Gasteiger partial charge on any atom is -0.312 e. The Kier molecular flexibility index (Phi) is 4.27. The molecule has 0 saturated carbocycles. The number of carbonyl (C=O) groups is 2. The molecule has 3 fully saturated rings. The summed E-state index contributed by atoms with van der Waals surface area (Å²) in [4.78, 5) is 27.7. The van der Waals surface area contributed by atoms with Gasteiger partial charge in [0.1, 0.15) is 11.9 Å². The molecule has 146 valence electrons. The Morgan fingerprint density at radius 1 is 1.22 bits per heavy atom. The van der Waals surface area contributed by atoms with Gasteiger partial charge < -0.3 is 4.90 Å². The van der Waals surface area contributed by atoms with Crippen molar-refractivity contribution in [2.45, 2.75) is 37.1 Å². The predicted molar refractivity (Wildman–Crippen MR) is 94.7 cm³/mol. The monoisotopic (exact) mass is 395 g/mol. The molecule has 3 aliphatic rings. The van der Waals surface area contributed by atoms with Gasteiger partial charge >= 0.3 is 6.03 Å². The third-order valence-corrected chi connectivity index (χ3v) is 7.96. The number of nitrogens with zero attached hydrogens (tertiary/aromatic N) is 3. The second kappa shape index (κ2) is 6.27. The maximum absolute atomic E-state index is 13.4. The summed E-state index contributed by atoms with van der Waals surface area (Å²) < 4.78 is 40.3. The molecule has 3 saturated heterocycles. The summed E-state index contributed by atoms with van der Waals surface area (Å²) in [6.45, 7) is 3.26. The van der Waals surface area contributed by atoms with Gasteiger partial charge in [0, 0.05) is 26.2 Å². The summed E-state index contributed by atoms with van der Waals surface area (Å²) in [5.74, 6) is -0.729. The first-order valence-corrected chi connectivity index (χ1v) is 10.6. The molecular weight excluding hydrogens is 373 g/mol. The van der Waals surface area contributed by atoms with Crippen LogP contribution in [0, 0.1) is 11.2 Å². The lowest BCUT2D eigenvalue weighted by Gasteiger charge is -2.38. The summed E-state index contributed by atoms with van der Waals surface area (Å²) in [6, 6.07) is 4.37. The van der Waals surface area contributed by atoms with Gasteiger partial charge in [-0.25, -0.2) is 17.6 Å². The molecule has 1 atom stereocenters. The predicted octanol–water partition coefficient (Wildman–Crippen LogP) is 1.65. The molecule has 0 bridgehead atoms. The van der Waals surface area contributed by atoms with Crippen molar-refractivity contribution in [3.63, 3.8) is 0 Å². The third-order valence-electron chi connectivity index (χ3n) is 6.07. The molecule has 0 aromatic heterocycles. The summed E-state index contributed by atoms with van der Waals surface area (Å²) in [5, 5.41) is 0. The highest BCUT2D eigenvalue weighted by molar-refractivity contribution is 7.89. The summed E-state index contributed by atoms with van der Waals surface area (Å²) in [7, 11) is -3.75. The van der Waals surface area contributed by atoms with Gasteiger partial charge in [-0.15, -0.1) is 0 Å². The standard InChI is InChI=1S/C18H22FN3O4S/c1-2-21-16(23)15-11-18(12-22(15)17(21)24)6-8-20(9-7-18)27(25,26)14-5-3-4-13(19)10-14/h3-5,10,15H,2,6-9,11-12H2,1H3. The molecule has 27 heavy (non-hydrogen) atoms. The minimum absolute atomic E-state index is 0.0468. The van der Waals surface area contributed by atoms with E-state index in [4.69, 9.17) is 0 Å². The summed E-state index contributed by atoms with van der Waals surface area (Å²) in [6.07, 6.45) is 1.75. The van der Waals surface area contributed by atoms with Crippen LogP contribution >= 0.6 is 0 Å². The molecule has 3 heterocycles. The van der Waals surface area contributed by atoms with Crippen LogP contribution in [0.4, 0.5) is 9.18 Å². The van der Waals surface area contributed by atoms with E-state index in [0.717, 1.165) is 6.07 Å². The molecule has 1 aromatic rings. The van der Waals surface area contributed by atoms with Gasteiger partial charge in [0.15, 0.2) is 0 Å². The van der Waals surface area contributed by atoms with Crippen molar-refractivity contribution in [3.05, 3.63) is 30.1 Å². The number of sulfonamides is 1. The molecule has 0 aliphatic carbocycles. The molecule has 1 aromatic carbocycles. The highest BCUT2D eigenvalue weighted by atomic mass is 32.2. The molecule has 3 amide bonds. The van der Waals surface area contributed by atoms with Crippen molar-refractivity contribution in [1.29, 1.82) is 0 Å². The van der Waals surface area contributed by atoms with Crippen molar-refractivity contribution < 1.29 is 22.4 Å². The Morgan fingerprint density at radius 2 is 1.93 bits per heavy atom. The zero-order valence-corrected chi connectivity index (χ0v) is 15.9. The summed E-state index contributed by atoms with van der Waals surface area (Å²) in [5.41, 5.74) is -0.218. The molecular formula is C18H22FN3O4S. The van der Waals surface area contributed by atoms with E-state index >= 15 is 0 Å². The van der Waals surface area contributed by atoms with E-state index in [1.54, 1.807) is 11.8 Å². The quantitative estimate of drug-likeness (QED) is 0.729. The van der Waals surface area contributed by atoms with E-state index in [9.17, 15) is 22.4 Å². The minimum atomic E-state index is -3.75. The van der Waals surface area contributed by atoms with Crippen LogP contribution in [-0.2, 0) is 14.8 Å². The molecule has 0 radical (unpaired) electrons. The van der Waals surface area contributed by atoms with Gasteiger partial charge in [0.05, 0.1) is 4.90 Å². The van der Waals surface area contributed by atoms with Gasteiger partial charge in [-0.2, -0.15) is 4.31 Å². The van der Waals surface area contributed by atoms with Crippen LogP contribution in [0.25, 0.3) is 0 Å². The van der Waals surface area contributed by atoms with Crippen molar-refractivity contribution in [3.8, 4) is 0 Å². The SMILES string of the molecule is CCN1C(=O)C2CC3(CCN(S(=O)(=O)c4cccc(F)c4)CC3)CN2C1=O. The van der Waals surface area contributed by atoms with Crippen LogP contribution in [0.5, 0.6) is 0 Å². The number of urea groups is 1. The topological polar surface area (TPSA) is 78.0 Å². The number of carbonyl (C=O) groups excluding carboxylic acids is 2. The van der Waals surface area contributed by atoms with E-state index in [1.165, 1.54) is 27.4 Å². The highest BCUT2D eigenvalue weighted by Crippen LogP contribution is 2.46. The molecule has 9 heteroatoms. The number of rotatable bonds is 3. The Hall–Kier alpha value is -2.00. The van der Waals surface area contributed by atoms with Crippen LogP contribution in [0.3, 0.4) is 0 Å². The smallest absolute Gasteiger partial charge is 0.312 e. The Labute approximate surface area is 157 Å². The summed E-state index contributed by atoms with van der Waals surface area (Å²) >= 11 is 0. The molecule has 1 unspecified atom stereocenters. The van der Waals surface area contributed by atoms with Gasteiger partial charge in [0.25, 0.3) is 5.91 Å². The van der Waals surface area contributed by atoms with E-state index in [2.05, 4.69) is 0 Å². The van der Waals surface area contributed by atoms with Crippen molar-refractivity contribution >= 4 is 22.0 Å². The average Bonchev–Trinajstić information content (AvgIpc) is 3.10. The zero-order chi connectivity index (χ0) is 19.4. The maximum atomic E-state index is 13.4. The Balaban J connectivity index is 1.47. The first-order chi connectivity index (χ1) is 12.8. The second-order valence-electron chi connectivity index (χ2n) is 7.57. The number of fused-ring (bicyclic) bond motifs is 1. The first-order valence-electron chi connectivity index (χ1n) is 9.15. The fourth-order valence-corrected chi connectivity index (χ4v) is 6.01. The van der Waals surface area contributed by atoms with Crippen molar-refractivity contribution in [2.24, 2.45) is 5.41 Å². The fraction of sp³-hybridized carbons (Fsp3) is 0.556. The van der Waals surface area contributed by atoms with E-state index < -0.39 is 21.9 Å². The van der Waals surface area contributed by atoms with Crippen LogP contribution < -0.4 is 0 Å². The van der Waals surface area contributed by atoms with Gasteiger partial charge in [0.2, 0.25) is 10.0 Å². The number of hydrogen-bond acceptors (Lipinski definition) is 4. The van der Waals surface area contributed by atoms with Gasteiger partial charge in [-0.1, -0.05) is 6.07 Å². The zero-order valence-electron chi connectivity index (χ0n) is 15.1. The van der Waals surface area contributed by atoms with E-state index in [-0.39, 0.29) is 22.2 Å². The molecule has 0 N–H and O–H groups in total. The normalized spacial score (nSPS) is 25.5. The molecule has 4 rings (SSSR count). The highest BCUT2D eigenvalue weighted by Gasteiger charge is 2.56. The van der Waals surface area contributed by atoms with E-state index in [1.807, 2.05) is 0 Å². The number of amides is 3. The van der Waals surface area contributed by atoms with Crippen LogP contribution in [-0.4, -0.2) is 66.7 Å². The largest absolute Gasteiger partial charge is 0.327 e. The lowest BCUT2D eigenvalue weighted by molar-refractivity contribution is -0.128. The number of piperidine rings is 1.